The van der Waals surface area contributed by atoms with Crippen molar-refractivity contribution < 1.29 is 14.3 Å². The van der Waals surface area contributed by atoms with E-state index in [1.165, 1.54) is 6.07 Å². The Morgan fingerprint density at radius 1 is 1.07 bits per heavy atom. The van der Waals surface area contributed by atoms with Crippen molar-refractivity contribution in [1.29, 1.82) is 0 Å². The number of fused-ring (bicyclic) bond motifs is 5. The quantitative estimate of drug-likeness (QED) is 0.501. The average molecular weight is 390 g/mol. The first-order valence-electron chi connectivity index (χ1n) is 10.1. The molecule has 5 nitrogen and oxygen atoms in total. The molecule has 29 heavy (non-hydrogen) atoms. The van der Waals surface area contributed by atoms with Crippen LogP contribution in [0.15, 0.2) is 16.9 Å². The van der Waals surface area contributed by atoms with Crippen molar-refractivity contribution >= 4 is 16.7 Å². The van der Waals surface area contributed by atoms with Crippen molar-refractivity contribution in [3.05, 3.63) is 61.7 Å². The molecule has 1 atom stereocenters. The molecule has 146 valence electrons. The number of benzene rings is 1. The topological polar surface area (TPSA) is 72.2 Å². The molecule has 1 aromatic carbocycles. The van der Waals surface area contributed by atoms with Crippen LogP contribution in [-0.4, -0.2) is 20.4 Å². The van der Waals surface area contributed by atoms with E-state index in [1.54, 1.807) is 10.6 Å². The van der Waals surface area contributed by atoms with E-state index in [1.807, 2.05) is 6.92 Å². The molecular weight excluding hydrogens is 371 g/mol. The summed E-state index contributed by atoms with van der Waals surface area (Å²) in [6.45, 7) is 2.26. The van der Waals surface area contributed by atoms with Gasteiger partial charge in [-0.2, -0.15) is 0 Å². The summed E-state index contributed by atoms with van der Waals surface area (Å²) < 4.78 is 16.2. The van der Waals surface area contributed by atoms with E-state index in [9.17, 15) is 19.1 Å². The van der Waals surface area contributed by atoms with Crippen molar-refractivity contribution in [2.45, 2.75) is 51.7 Å². The maximum absolute atomic E-state index is 14.5. The molecule has 3 aromatic rings. The predicted molar refractivity (Wildman–Crippen MR) is 106 cm³/mol. The van der Waals surface area contributed by atoms with Gasteiger partial charge in [-0.3, -0.25) is 9.59 Å². The minimum atomic E-state index is -1.26. The zero-order valence-corrected chi connectivity index (χ0v) is 16.0. The molecule has 0 radical (unpaired) electrons. The zero-order valence-electron chi connectivity index (χ0n) is 16.0. The van der Waals surface area contributed by atoms with Gasteiger partial charge in [-0.15, -0.1) is 0 Å². The van der Waals surface area contributed by atoms with E-state index < -0.39 is 6.10 Å². The molecule has 1 aliphatic heterocycles. The molecule has 2 aromatic heterocycles. The number of ketones is 1. The average Bonchev–Trinajstić information content (AvgIpc) is 3.08. The molecule has 3 heterocycles. The van der Waals surface area contributed by atoms with Crippen LogP contribution in [0.5, 0.6) is 0 Å². The Kier molecular flexibility index (Phi) is 3.29. The van der Waals surface area contributed by atoms with Crippen LogP contribution in [0.4, 0.5) is 4.39 Å². The number of carbonyl (C=O) groups excluding carboxylic acids is 1. The highest BCUT2D eigenvalue weighted by molar-refractivity contribution is 5.92. The highest BCUT2D eigenvalue weighted by Gasteiger charge is 2.34. The molecule has 2 aliphatic carbocycles. The molecule has 3 aliphatic rings. The van der Waals surface area contributed by atoms with Crippen LogP contribution in [0.1, 0.15) is 52.3 Å². The molecule has 6 rings (SSSR count). The summed E-state index contributed by atoms with van der Waals surface area (Å²) in [7, 11) is 0. The highest BCUT2D eigenvalue weighted by atomic mass is 19.1. The smallest absolute Gasteiger partial charge is 0.254 e. The van der Waals surface area contributed by atoms with Crippen LogP contribution in [0, 0.1) is 12.7 Å². The summed E-state index contributed by atoms with van der Waals surface area (Å²) in [5, 5.41) is 11.4. The van der Waals surface area contributed by atoms with Gasteiger partial charge in [0.05, 0.1) is 23.4 Å². The molecule has 1 N–H and O–H groups in total. The summed E-state index contributed by atoms with van der Waals surface area (Å²) in [4.78, 5) is 29.9. The Morgan fingerprint density at radius 2 is 1.86 bits per heavy atom. The number of hydrogen-bond donors (Lipinski definition) is 1. The minimum absolute atomic E-state index is 0.156. The lowest BCUT2D eigenvalue weighted by Crippen LogP contribution is -2.31. The number of aryl methyl sites for hydroxylation is 2. The van der Waals surface area contributed by atoms with Crippen LogP contribution >= 0.6 is 0 Å². The fourth-order valence-corrected chi connectivity index (χ4v) is 5.38. The Bertz CT molecular complexity index is 1340. The molecular formula is C23H19FN2O3. The number of rotatable bonds is 0. The third-order valence-electron chi connectivity index (χ3n) is 6.88. The summed E-state index contributed by atoms with van der Waals surface area (Å²) >= 11 is 0. The number of aromatic nitrogens is 2. The second-order valence-electron chi connectivity index (χ2n) is 8.35. The number of aliphatic hydroxyl groups excluding tert-OH is 1. The van der Waals surface area contributed by atoms with Gasteiger partial charge in [-0.1, -0.05) is 0 Å². The third kappa shape index (κ3) is 2.10. The fourth-order valence-electron chi connectivity index (χ4n) is 5.38. The predicted octanol–water partition coefficient (Wildman–Crippen LogP) is 2.91. The fraction of sp³-hybridized carbons (Fsp3) is 0.348. The van der Waals surface area contributed by atoms with Gasteiger partial charge < -0.3 is 9.67 Å². The Balaban J connectivity index is 1.68. The molecule has 1 unspecified atom stereocenters. The molecule has 0 saturated heterocycles. The lowest BCUT2D eigenvalue weighted by atomic mass is 9.84. The summed E-state index contributed by atoms with van der Waals surface area (Å²) in [5.41, 5.74) is 6.56. The second kappa shape index (κ2) is 5.60. The van der Waals surface area contributed by atoms with E-state index in [0.717, 1.165) is 41.3 Å². The van der Waals surface area contributed by atoms with Crippen LogP contribution in [0.3, 0.4) is 0 Å². The second-order valence-corrected chi connectivity index (χ2v) is 8.35. The highest BCUT2D eigenvalue weighted by Crippen LogP contribution is 2.42. The van der Waals surface area contributed by atoms with E-state index in [-0.39, 0.29) is 23.6 Å². The molecule has 0 bridgehead atoms. The number of halogens is 1. The first-order chi connectivity index (χ1) is 14.0. The lowest BCUT2D eigenvalue weighted by Gasteiger charge is -2.22. The van der Waals surface area contributed by atoms with Crippen LogP contribution in [0.25, 0.3) is 22.3 Å². The maximum atomic E-state index is 14.5. The van der Waals surface area contributed by atoms with E-state index in [4.69, 9.17) is 4.98 Å². The standard InChI is InChI=1S/C23H19FN2O3/c1-10-11-3-2-4-12-15-9-26-18(21(15)25-17(20(11)12)8-16(10)24)7-14-13(23(26)29)5-6-19(27)22(14)28/h7-8,22,28H,2-6,9H2,1H3. The number of pyridine rings is 2. The monoisotopic (exact) mass is 390 g/mol. The summed E-state index contributed by atoms with van der Waals surface area (Å²) in [5.74, 6) is -0.515. The number of hydrogen-bond acceptors (Lipinski definition) is 4. The van der Waals surface area contributed by atoms with Crippen LogP contribution in [-0.2, 0) is 30.6 Å². The Labute approximate surface area is 165 Å². The van der Waals surface area contributed by atoms with Crippen molar-refractivity contribution in [3.63, 3.8) is 0 Å². The Hall–Kier alpha value is -2.86. The number of carbonyl (C=O) groups is 1. The zero-order chi connectivity index (χ0) is 20.0. The maximum Gasteiger partial charge on any atom is 0.254 e. The normalized spacial score (nSPS) is 19.3. The van der Waals surface area contributed by atoms with Gasteiger partial charge >= 0.3 is 0 Å². The molecule has 0 spiro atoms. The van der Waals surface area contributed by atoms with Gasteiger partial charge in [0.2, 0.25) is 0 Å². The first-order valence-corrected chi connectivity index (χ1v) is 10.1. The third-order valence-corrected chi connectivity index (χ3v) is 6.88. The van der Waals surface area contributed by atoms with E-state index in [0.29, 0.717) is 46.6 Å². The van der Waals surface area contributed by atoms with Gasteiger partial charge in [0, 0.05) is 29.0 Å². The van der Waals surface area contributed by atoms with Crippen molar-refractivity contribution in [1.82, 2.24) is 9.55 Å². The number of nitrogens with zero attached hydrogens (tertiary/aromatic N) is 2. The Morgan fingerprint density at radius 3 is 2.69 bits per heavy atom. The van der Waals surface area contributed by atoms with Crippen molar-refractivity contribution in [2.24, 2.45) is 0 Å². The SMILES string of the molecule is Cc1c(F)cc2nc3c(c4c2c1CCC4)Cn1c-3cc2c(c1=O)CCC(=O)C2O. The van der Waals surface area contributed by atoms with Gasteiger partial charge in [-0.25, -0.2) is 9.37 Å². The number of Topliss-reactive ketones (excluding diaryl/α,β-unsaturated/α-hetero) is 1. The van der Waals surface area contributed by atoms with Gasteiger partial charge in [0.15, 0.2) is 5.78 Å². The van der Waals surface area contributed by atoms with E-state index >= 15 is 0 Å². The van der Waals surface area contributed by atoms with Crippen molar-refractivity contribution in [3.8, 4) is 11.4 Å². The van der Waals surface area contributed by atoms with E-state index in [2.05, 4.69) is 0 Å². The first kappa shape index (κ1) is 17.0. The number of aliphatic hydroxyl groups is 1. The van der Waals surface area contributed by atoms with Crippen molar-refractivity contribution in [2.75, 3.05) is 0 Å². The molecule has 0 amide bonds. The molecule has 6 heteroatoms. The summed E-state index contributed by atoms with van der Waals surface area (Å²) in [6.07, 6.45) is 1.94. The van der Waals surface area contributed by atoms with Gasteiger partial charge in [-0.05, 0) is 60.9 Å². The molecule has 0 saturated carbocycles. The summed E-state index contributed by atoms with van der Waals surface area (Å²) in [6, 6.07) is 3.23. The minimum Gasteiger partial charge on any atom is -0.381 e. The largest absolute Gasteiger partial charge is 0.381 e. The molecule has 0 fully saturated rings. The lowest BCUT2D eigenvalue weighted by molar-refractivity contribution is -0.128. The van der Waals surface area contributed by atoms with Crippen LogP contribution in [0.2, 0.25) is 0 Å². The van der Waals surface area contributed by atoms with Gasteiger partial charge in [0.1, 0.15) is 11.9 Å². The van der Waals surface area contributed by atoms with Gasteiger partial charge in [0.25, 0.3) is 5.56 Å². The van der Waals surface area contributed by atoms with Crippen LogP contribution < -0.4 is 5.56 Å².